The zero-order valence-electron chi connectivity index (χ0n) is 19.7. The van der Waals surface area contributed by atoms with Crippen molar-refractivity contribution in [2.45, 2.75) is 86.2 Å². The van der Waals surface area contributed by atoms with Crippen molar-refractivity contribution < 1.29 is 5.11 Å². The van der Waals surface area contributed by atoms with Gasteiger partial charge >= 0.3 is 0 Å². The van der Waals surface area contributed by atoms with Crippen LogP contribution in [-0.2, 0) is 0 Å². The van der Waals surface area contributed by atoms with Crippen molar-refractivity contribution in [2.24, 2.45) is 52.8 Å². The van der Waals surface area contributed by atoms with Crippen LogP contribution in [-0.4, -0.2) is 11.2 Å². The Morgan fingerprint density at radius 1 is 1.07 bits per heavy atom. The van der Waals surface area contributed by atoms with Crippen molar-refractivity contribution in [1.29, 1.82) is 0 Å². The first-order valence-electron chi connectivity index (χ1n) is 12.5. The fourth-order valence-electron chi connectivity index (χ4n) is 7.45. The Bertz CT molecular complexity index is 697. The topological polar surface area (TPSA) is 20.2 Å². The van der Waals surface area contributed by atoms with Crippen LogP contribution >= 0.6 is 0 Å². The molecule has 1 N–H and O–H groups in total. The van der Waals surface area contributed by atoms with Gasteiger partial charge in [0.25, 0.3) is 0 Å². The molecular formula is C28H44O. The molecule has 0 spiro atoms. The summed E-state index contributed by atoms with van der Waals surface area (Å²) in [5.74, 6) is 6.14. The molecule has 29 heavy (non-hydrogen) atoms. The molecule has 0 aliphatic heterocycles. The van der Waals surface area contributed by atoms with Crippen LogP contribution in [0.1, 0.15) is 80.1 Å². The van der Waals surface area contributed by atoms with E-state index >= 15 is 0 Å². The van der Waals surface area contributed by atoms with Gasteiger partial charge in [0.2, 0.25) is 0 Å². The molecule has 0 aromatic rings. The molecule has 4 aliphatic carbocycles. The van der Waals surface area contributed by atoms with Crippen molar-refractivity contribution in [3.8, 4) is 0 Å². The number of hydrogen-bond donors (Lipinski definition) is 1. The molecule has 4 rings (SSSR count). The van der Waals surface area contributed by atoms with Crippen molar-refractivity contribution in [3.05, 3.63) is 35.5 Å². The predicted molar refractivity (Wildman–Crippen MR) is 123 cm³/mol. The lowest BCUT2D eigenvalue weighted by Gasteiger charge is -2.53. The van der Waals surface area contributed by atoms with Gasteiger partial charge in [0.1, 0.15) is 0 Å². The molecule has 0 amide bonds. The van der Waals surface area contributed by atoms with E-state index in [1.165, 1.54) is 31.3 Å². The average molecular weight is 397 g/mol. The van der Waals surface area contributed by atoms with Gasteiger partial charge in [-0.15, -0.1) is 0 Å². The fraction of sp³-hybridized carbons (Fsp3) is 0.786. The quantitative estimate of drug-likeness (QED) is 0.499. The summed E-state index contributed by atoms with van der Waals surface area (Å²) in [6.45, 7) is 14.6. The van der Waals surface area contributed by atoms with E-state index in [9.17, 15) is 5.11 Å². The van der Waals surface area contributed by atoms with Gasteiger partial charge in [-0.3, -0.25) is 0 Å². The number of allylic oxidation sites excluding steroid dienone is 5. The third kappa shape index (κ3) is 3.71. The third-order valence-corrected chi connectivity index (χ3v) is 9.74. The third-order valence-electron chi connectivity index (χ3n) is 9.74. The molecule has 3 fully saturated rings. The lowest BCUT2D eigenvalue weighted by atomic mass is 9.51. The molecule has 0 aromatic carbocycles. The number of aliphatic hydroxyl groups is 1. The maximum absolute atomic E-state index is 10.2. The van der Waals surface area contributed by atoms with E-state index in [0.717, 1.165) is 48.3 Å². The Labute approximate surface area is 179 Å². The van der Waals surface area contributed by atoms with E-state index in [1.54, 1.807) is 5.57 Å². The molecule has 0 bridgehead atoms. The van der Waals surface area contributed by atoms with Crippen LogP contribution in [0.2, 0.25) is 0 Å². The Hall–Kier alpha value is -0.820. The highest BCUT2D eigenvalue weighted by atomic mass is 16.3. The van der Waals surface area contributed by atoms with Gasteiger partial charge in [-0.05, 0) is 91.3 Å². The zero-order chi connectivity index (χ0) is 20.9. The molecule has 3 saturated carbocycles. The first kappa shape index (κ1) is 21.4. The highest BCUT2D eigenvalue weighted by Crippen LogP contribution is 2.62. The van der Waals surface area contributed by atoms with E-state index in [1.807, 2.05) is 0 Å². The highest BCUT2D eigenvalue weighted by molar-refractivity contribution is 5.38. The summed E-state index contributed by atoms with van der Waals surface area (Å²) in [5, 5.41) is 10.2. The van der Waals surface area contributed by atoms with E-state index in [-0.39, 0.29) is 6.10 Å². The minimum absolute atomic E-state index is 0.116. The normalized spacial score (nSPS) is 44.0. The van der Waals surface area contributed by atoms with Gasteiger partial charge in [-0.1, -0.05) is 77.0 Å². The van der Waals surface area contributed by atoms with Crippen LogP contribution in [0.15, 0.2) is 35.5 Å². The Balaban J connectivity index is 1.56. The minimum Gasteiger partial charge on any atom is -0.393 e. The Morgan fingerprint density at radius 3 is 2.55 bits per heavy atom. The van der Waals surface area contributed by atoms with Crippen LogP contribution in [0.3, 0.4) is 0 Å². The smallest absolute Gasteiger partial charge is 0.0578 e. The van der Waals surface area contributed by atoms with Gasteiger partial charge in [0.05, 0.1) is 6.10 Å². The van der Waals surface area contributed by atoms with Crippen molar-refractivity contribution >= 4 is 0 Å². The number of rotatable bonds is 4. The van der Waals surface area contributed by atoms with Crippen LogP contribution in [0.25, 0.3) is 0 Å². The second-order valence-corrected chi connectivity index (χ2v) is 11.7. The minimum atomic E-state index is -0.116. The molecule has 1 nitrogen and oxygen atoms in total. The van der Waals surface area contributed by atoms with Crippen molar-refractivity contribution in [3.63, 3.8) is 0 Å². The zero-order valence-corrected chi connectivity index (χ0v) is 19.7. The predicted octanol–water partition coefficient (Wildman–Crippen LogP) is 7.19. The van der Waals surface area contributed by atoms with Crippen LogP contribution in [0.4, 0.5) is 0 Å². The second kappa shape index (κ2) is 8.03. The highest BCUT2D eigenvalue weighted by Gasteiger charge is 2.53. The molecule has 4 aliphatic rings. The summed E-state index contributed by atoms with van der Waals surface area (Å²) < 4.78 is 0. The molecule has 0 heterocycles. The van der Waals surface area contributed by atoms with E-state index in [2.05, 4.69) is 65.8 Å². The van der Waals surface area contributed by atoms with E-state index < -0.39 is 0 Å². The number of fused-ring (bicyclic) bond motifs is 5. The van der Waals surface area contributed by atoms with Gasteiger partial charge < -0.3 is 5.11 Å². The maximum atomic E-state index is 10.2. The SMILES string of the molecule is CC(C)[C@@H](C)/C=C/[C@@H](C)[C@H]1CC[C@H]2C3=CC=C4C[C@@H](O)CC[C@]4(C)[C@H]3C[C@@H](C)C21. The first-order valence-corrected chi connectivity index (χ1v) is 12.5. The lowest BCUT2D eigenvalue weighted by Crippen LogP contribution is -2.45. The molecule has 0 radical (unpaired) electrons. The lowest BCUT2D eigenvalue weighted by molar-refractivity contribution is 0.0505. The molecule has 1 unspecified atom stereocenters. The molecule has 1 heteroatoms. The summed E-state index contributed by atoms with van der Waals surface area (Å²) in [5.41, 5.74) is 3.62. The van der Waals surface area contributed by atoms with Crippen molar-refractivity contribution in [2.75, 3.05) is 0 Å². The molecule has 9 atom stereocenters. The monoisotopic (exact) mass is 396 g/mol. The van der Waals surface area contributed by atoms with Gasteiger partial charge in [-0.2, -0.15) is 0 Å². The Morgan fingerprint density at radius 2 is 1.83 bits per heavy atom. The van der Waals surface area contributed by atoms with Gasteiger partial charge in [0.15, 0.2) is 0 Å². The maximum Gasteiger partial charge on any atom is 0.0578 e. The fourth-order valence-corrected chi connectivity index (χ4v) is 7.45. The number of aliphatic hydroxyl groups excluding tert-OH is 1. The Kier molecular flexibility index (Phi) is 5.93. The molecule has 0 saturated heterocycles. The second-order valence-electron chi connectivity index (χ2n) is 11.7. The summed E-state index contributed by atoms with van der Waals surface area (Å²) in [4.78, 5) is 0. The number of hydrogen-bond acceptors (Lipinski definition) is 1. The molecule has 162 valence electrons. The summed E-state index contributed by atoms with van der Waals surface area (Å²) in [6.07, 6.45) is 17.0. The summed E-state index contributed by atoms with van der Waals surface area (Å²) >= 11 is 0. The average Bonchev–Trinajstić information content (AvgIpc) is 3.13. The van der Waals surface area contributed by atoms with Gasteiger partial charge in [-0.25, -0.2) is 0 Å². The largest absolute Gasteiger partial charge is 0.393 e. The van der Waals surface area contributed by atoms with Crippen LogP contribution < -0.4 is 0 Å². The van der Waals surface area contributed by atoms with E-state index in [4.69, 9.17) is 0 Å². The standard InChI is InChI=1S/C28H44O/c1-17(2)18(3)7-8-19(4)23-11-12-25-24-10-9-21-16-22(29)13-14-28(21,6)26(24)15-20(5)27(23)25/h7-10,17-20,22-23,25-27,29H,11-16H2,1-6H3/b8-7+/t18-,19+,20+,22-,23+,25-,26-,27?,28-/m0/s1. The van der Waals surface area contributed by atoms with Crippen molar-refractivity contribution in [1.82, 2.24) is 0 Å². The summed E-state index contributed by atoms with van der Waals surface area (Å²) in [7, 11) is 0. The van der Waals surface area contributed by atoms with Gasteiger partial charge in [0, 0.05) is 0 Å². The van der Waals surface area contributed by atoms with Crippen LogP contribution in [0, 0.1) is 52.8 Å². The first-order chi connectivity index (χ1) is 13.7. The van der Waals surface area contributed by atoms with E-state index in [0.29, 0.717) is 17.3 Å². The molecule has 0 aromatic heterocycles. The van der Waals surface area contributed by atoms with Crippen LogP contribution in [0.5, 0.6) is 0 Å². The summed E-state index contributed by atoms with van der Waals surface area (Å²) in [6, 6.07) is 0. The molecular weight excluding hydrogens is 352 g/mol.